The average molecular weight is 238 g/mol. The van der Waals surface area contributed by atoms with Crippen LogP contribution in [0, 0.1) is 0 Å². The quantitative estimate of drug-likeness (QED) is 0.814. The molecular formula is C15H30N2. The van der Waals surface area contributed by atoms with Crippen molar-refractivity contribution in [3.8, 4) is 0 Å². The molecule has 0 bridgehead atoms. The molecule has 2 aliphatic rings. The maximum Gasteiger partial charge on any atom is 0.0154 e. The molecule has 2 heteroatoms. The number of hydrogen-bond donors (Lipinski definition) is 1. The Kier molecular flexibility index (Phi) is 4.48. The highest BCUT2D eigenvalue weighted by Gasteiger charge is 2.31. The third-order valence-corrected chi connectivity index (χ3v) is 4.91. The Labute approximate surface area is 107 Å². The van der Waals surface area contributed by atoms with Crippen LogP contribution in [0.2, 0.25) is 0 Å². The molecule has 0 aromatic rings. The van der Waals surface area contributed by atoms with Gasteiger partial charge in [-0.15, -0.1) is 0 Å². The van der Waals surface area contributed by atoms with Gasteiger partial charge >= 0.3 is 0 Å². The van der Waals surface area contributed by atoms with Gasteiger partial charge in [-0.2, -0.15) is 0 Å². The zero-order chi connectivity index (χ0) is 12.3. The Hall–Kier alpha value is -0.0800. The second-order valence-electron chi connectivity index (χ2n) is 6.59. The van der Waals surface area contributed by atoms with Crippen LogP contribution in [-0.2, 0) is 0 Å². The highest BCUT2D eigenvalue weighted by atomic mass is 15.2. The largest absolute Gasteiger partial charge is 0.325 e. The lowest BCUT2D eigenvalue weighted by Gasteiger charge is -2.36. The first-order chi connectivity index (χ1) is 8.11. The fourth-order valence-corrected chi connectivity index (χ4v) is 3.81. The predicted octanol–water partition coefficient (Wildman–Crippen LogP) is 3.30. The summed E-state index contributed by atoms with van der Waals surface area (Å²) in [6.45, 7) is 5.97. The van der Waals surface area contributed by atoms with E-state index in [1.54, 1.807) is 0 Å². The lowest BCUT2D eigenvalue weighted by molar-refractivity contribution is 0.173. The van der Waals surface area contributed by atoms with Crippen molar-refractivity contribution >= 4 is 0 Å². The van der Waals surface area contributed by atoms with Crippen LogP contribution in [0.25, 0.3) is 0 Å². The Morgan fingerprint density at radius 2 is 1.88 bits per heavy atom. The second-order valence-corrected chi connectivity index (χ2v) is 6.59. The Morgan fingerprint density at radius 1 is 1.18 bits per heavy atom. The summed E-state index contributed by atoms with van der Waals surface area (Å²) in [5.74, 6) is 0. The van der Waals surface area contributed by atoms with Crippen LogP contribution < -0.4 is 5.73 Å². The van der Waals surface area contributed by atoms with E-state index in [0.717, 1.165) is 6.04 Å². The van der Waals surface area contributed by atoms with Crippen LogP contribution in [0.3, 0.4) is 0 Å². The smallest absolute Gasteiger partial charge is 0.0154 e. The Balaban J connectivity index is 1.80. The van der Waals surface area contributed by atoms with Crippen molar-refractivity contribution < 1.29 is 0 Å². The van der Waals surface area contributed by atoms with Crippen molar-refractivity contribution in [1.82, 2.24) is 4.90 Å². The topological polar surface area (TPSA) is 29.3 Å². The first kappa shape index (κ1) is 13.4. The molecule has 17 heavy (non-hydrogen) atoms. The SMILES string of the molecule is CC(C)N1CCCC1CCC1(N)CCCCC1. The van der Waals surface area contributed by atoms with Gasteiger partial charge in [-0.3, -0.25) is 4.90 Å². The molecule has 1 heterocycles. The third-order valence-electron chi connectivity index (χ3n) is 4.91. The summed E-state index contributed by atoms with van der Waals surface area (Å²) < 4.78 is 0. The molecule has 0 radical (unpaired) electrons. The van der Waals surface area contributed by atoms with E-state index in [-0.39, 0.29) is 5.54 Å². The number of likely N-dealkylation sites (tertiary alicyclic amines) is 1. The van der Waals surface area contributed by atoms with Crippen LogP contribution >= 0.6 is 0 Å². The molecule has 2 N–H and O–H groups in total. The van der Waals surface area contributed by atoms with E-state index in [0.29, 0.717) is 6.04 Å². The highest BCUT2D eigenvalue weighted by Crippen LogP contribution is 2.32. The van der Waals surface area contributed by atoms with Crippen LogP contribution in [0.1, 0.15) is 71.6 Å². The predicted molar refractivity (Wildman–Crippen MR) is 74.1 cm³/mol. The first-order valence-corrected chi connectivity index (χ1v) is 7.65. The zero-order valence-corrected chi connectivity index (χ0v) is 11.8. The Morgan fingerprint density at radius 3 is 2.53 bits per heavy atom. The molecule has 100 valence electrons. The molecule has 2 fully saturated rings. The Bertz CT molecular complexity index is 231. The summed E-state index contributed by atoms with van der Waals surface area (Å²) in [5, 5.41) is 0. The van der Waals surface area contributed by atoms with Crippen LogP contribution in [-0.4, -0.2) is 29.1 Å². The van der Waals surface area contributed by atoms with Crippen molar-refractivity contribution in [2.45, 2.75) is 89.3 Å². The summed E-state index contributed by atoms with van der Waals surface area (Å²) in [7, 11) is 0. The van der Waals surface area contributed by atoms with Gasteiger partial charge in [-0.05, 0) is 58.9 Å². The molecule has 0 aromatic heterocycles. The van der Waals surface area contributed by atoms with Crippen molar-refractivity contribution in [2.24, 2.45) is 5.73 Å². The van der Waals surface area contributed by atoms with Crippen LogP contribution in [0.5, 0.6) is 0 Å². The summed E-state index contributed by atoms with van der Waals surface area (Å²) in [5.41, 5.74) is 6.72. The van der Waals surface area contributed by atoms with Crippen molar-refractivity contribution in [3.05, 3.63) is 0 Å². The molecule has 1 saturated carbocycles. The van der Waals surface area contributed by atoms with Gasteiger partial charge in [0, 0.05) is 17.6 Å². The highest BCUT2D eigenvalue weighted by molar-refractivity contribution is 4.90. The lowest BCUT2D eigenvalue weighted by Crippen LogP contribution is -2.44. The van der Waals surface area contributed by atoms with Gasteiger partial charge in [0.25, 0.3) is 0 Å². The van der Waals surface area contributed by atoms with Gasteiger partial charge in [-0.25, -0.2) is 0 Å². The van der Waals surface area contributed by atoms with E-state index in [9.17, 15) is 0 Å². The molecule has 2 nitrogen and oxygen atoms in total. The average Bonchev–Trinajstić information content (AvgIpc) is 2.76. The minimum atomic E-state index is 0.184. The second kappa shape index (κ2) is 5.71. The standard InChI is InChI=1S/C15H30N2/c1-13(2)17-12-6-7-14(17)8-11-15(16)9-4-3-5-10-15/h13-14H,3-12,16H2,1-2H3. The molecule has 1 atom stereocenters. The molecule has 2 rings (SSSR count). The van der Waals surface area contributed by atoms with Crippen molar-refractivity contribution in [2.75, 3.05) is 6.54 Å². The zero-order valence-electron chi connectivity index (χ0n) is 11.8. The van der Waals surface area contributed by atoms with E-state index in [2.05, 4.69) is 18.7 Å². The number of rotatable bonds is 4. The number of nitrogens with two attached hydrogens (primary N) is 1. The molecule has 1 aliphatic heterocycles. The lowest BCUT2D eigenvalue weighted by atomic mass is 9.78. The molecule has 1 saturated heterocycles. The van der Waals surface area contributed by atoms with E-state index in [1.807, 2.05) is 0 Å². The van der Waals surface area contributed by atoms with Gasteiger partial charge in [-0.1, -0.05) is 19.3 Å². The van der Waals surface area contributed by atoms with E-state index >= 15 is 0 Å². The minimum absolute atomic E-state index is 0.184. The number of hydrogen-bond acceptors (Lipinski definition) is 2. The maximum atomic E-state index is 6.54. The third kappa shape index (κ3) is 3.45. The summed E-state index contributed by atoms with van der Waals surface area (Å²) in [4.78, 5) is 2.69. The van der Waals surface area contributed by atoms with Gasteiger partial charge in [0.2, 0.25) is 0 Å². The molecule has 0 aromatic carbocycles. The maximum absolute atomic E-state index is 6.54. The molecule has 0 spiro atoms. The first-order valence-electron chi connectivity index (χ1n) is 7.65. The van der Waals surface area contributed by atoms with Crippen molar-refractivity contribution in [3.63, 3.8) is 0 Å². The fraction of sp³-hybridized carbons (Fsp3) is 1.00. The fourth-order valence-electron chi connectivity index (χ4n) is 3.81. The molecule has 1 unspecified atom stereocenters. The van der Waals surface area contributed by atoms with E-state index in [1.165, 1.54) is 64.3 Å². The monoisotopic (exact) mass is 238 g/mol. The van der Waals surface area contributed by atoms with E-state index in [4.69, 9.17) is 5.73 Å². The van der Waals surface area contributed by atoms with Gasteiger partial charge in [0.05, 0.1) is 0 Å². The van der Waals surface area contributed by atoms with Gasteiger partial charge in [0.1, 0.15) is 0 Å². The normalized spacial score (nSPS) is 30.0. The summed E-state index contributed by atoms with van der Waals surface area (Å²) in [6, 6.07) is 1.53. The minimum Gasteiger partial charge on any atom is -0.325 e. The summed E-state index contributed by atoms with van der Waals surface area (Å²) >= 11 is 0. The van der Waals surface area contributed by atoms with Crippen LogP contribution in [0.4, 0.5) is 0 Å². The molecule has 0 amide bonds. The van der Waals surface area contributed by atoms with Crippen LogP contribution in [0.15, 0.2) is 0 Å². The summed E-state index contributed by atoms with van der Waals surface area (Å²) in [6.07, 6.45) is 12.0. The van der Waals surface area contributed by atoms with Crippen molar-refractivity contribution in [1.29, 1.82) is 0 Å². The molecule has 1 aliphatic carbocycles. The van der Waals surface area contributed by atoms with E-state index < -0.39 is 0 Å². The molecular weight excluding hydrogens is 208 g/mol. The van der Waals surface area contributed by atoms with Gasteiger partial charge < -0.3 is 5.73 Å². The number of nitrogens with zero attached hydrogens (tertiary/aromatic N) is 1. The van der Waals surface area contributed by atoms with Gasteiger partial charge in [0.15, 0.2) is 0 Å².